The number of hydrogen-bond acceptors (Lipinski definition) is 4. The van der Waals surface area contributed by atoms with Crippen molar-refractivity contribution in [1.82, 2.24) is 14.4 Å². The van der Waals surface area contributed by atoms with Gasteiger partial charge in [-0.15, -0.1) is 11.3 Å². The van der Waals surface area contributed by atoms with E-state index in [4.69, 9.17) is 0 Å². The lowest BCUT2D eigenvalue weighted by Gasteiger charge is -2.06. The van der Waals surface area contributed by atoms with Crippen LogP contribution in [0.5, 0.6) is 0 Å². The largest absolute Gasteiger partial charge is 0.304 e. The van der Waals surface area contributed by atoms with Crippen LogP contribution in [0.3, 0.4) is 0 Å². The average molecular weight is 320 g/mol. The maximum Gasteiger partial charge on any atom is 0.275 e. The van der Waals surface area contributed by atoms with E-state index in [0.717, 1.165) is 16.2 Å². The number of rotatable bonds is 3. The highest BCUT2D eigenvalue weighted by Gasteiger charge is 2.18. The van der Waals surface area contributed by atoms with Gasteiger partial charge in [0.15, 0.2) is 4.96 Å². The molecule has 0 aliphatic rings. The van der Waals surface area contributed by atoms with Crippen molar-refractivity contribution in [3.8, 4) is 11.3 Å². The fourth-order valence-electron chi connectivity index (χ4n) is 2.37. The molecule has 0 fully saturated rings. The van der Waals surface area contributed by atoms with Gasteiger partial charge in [-0.1, -0.05) is 36.4 Å². The Morgan fingerprint density at radius 2 is 1.91 bits per heavy atom. The topological polar surface area (TPSA) is 59.3 Å². The van der Waals surface area contributed by atoms with Crippen molar-refractivity contribution in [2.24, 2.45) is 0 Å². The zero-order chi connectivity index (χ0) is 15.6. The number of thiazole rings is 1. The molecule has 1 amide bonds. The number of carbonyl (C=O) groups is 1. The number of hydrogen-bond donors (Lipinski definition) is 1. The number of benzene rings is 1. The summed E-state index contributed by atoms with van der Waals surface area (Å²) in [6, 6.07) is 15.1. The van der Waals surface area contributed by atoms with E-state index in [9.17, 15) is 4.79 Å². The van der Waals surface area contributed by atoms with Crippen LogP contribution in [0.2, 0.25) is 0 Å². The van der Waals surface area contributed by atoms with E-state index in [1.807, 2.05) is 46.3 Å². The van der Waals surface area contributed by atoms with Crippen LogP contribution in [0.15, 0.2) is 66.3 Å². The van der Waals surface area contributed by atoms with E-state index in [2.05, 4.69) is 15.3 Å². The van der Waals surface area contributed by atoms with E-state index in [-0.39, 0.29) is 5.91 Å². The van der Waals surface area contributed by atoms with Gasteiger partial charge in [-0.05, 0) is 12.1 Å². The fourth-order valence-corrected chi connectivity index (χ4v) is 3.09. The SMILES string of the molecule is O=C(Nc1c(-c2ccccc2)nc2sccn12)c1ccccn1. The van der Waals surface area contributed by atoms with Gasteiger partial charge in [-0.2, -0.15) is 0 Å². The zero-order valence-corrected chi connectivity index (χ0v) is 12.8. The molecule has 1 N–H and O–H groups in total. The molecule has 4 aromatic rings. The quantitative estimate of drug-likeness (QED) is 0.626. The highest BCUT2D eigenvalue weighted by molar-refractivity contribution is 7.15. The maximum absolute atomic E-state index is 12.4. The Morgan fingerprint density at radius 3 is 2.70 bits per heavy atom. The molecule has 1 aromatic carbocycles. The summed E-state index contributed by atoms with van der Waals surface area (Å²) in [4.78, 5) is 22.0. The van der Waals surface area contributed by atoms with Crippen molar-refractivity contribution in [1.29, 1.82) is 0 Å². The number of fused-ring (bicyclic) bond motifs is 1. The molecule has 0 aliphatic heterocycles. The second-order valence-electron chi connectivity index (χ2n) is 4.90. The molecule has 0 radical (unpaired) electrons. The minimum atomic E-state index is -0.254. The van der Waals surface area contributed by atoms with Crippen LogP contribution in [0.1, 0.15) is 10.5 Å². The van der Waals surface area contributed by atoms with Crippen molar-refractivity contribution in [2.75, 3.05) is 5.32 Å². The van der Waals surface area contributed by atoms with Crippen molar-refractivity contribution >= 4 is 28.0 Å². The van der Waals surface area contributed by atoms with E-state index < -0.39 is 0 Å². The number of aromatic nitrogens is 3. The molecular weight excluding hydrogens is 308 g/mol. The van der Waals surface area contributed by atoms with Crippen LogP contribution in [0.25, 0.3) is 16.2 Å². The number of amides is 1. The van der Waals surface area contributed by atoms with E-state index in [0.29, 0.717) is 11.5 Å². The number of carbonyl (C=O) groups excluding carboxylic acids is 1. The average Bonchev–Trinajstić information content (AvgIpc) is 3.19. The summed E-state index contributed by atoms with van der Waals surface area (Å²) < 4.78 is 1.88. The Balaban J connectivity index is 1.79. The van der Waals surface area contributed by atoms with Gasteiger partial charge < -0.3 is 5.32 Å². The van der Waals surface area contributed by atoms with Crippen LogP contribution in [0.4, 0.5) is 5.82 Å². The Bertz CT molecular complexity index is 960. The standard InChI is InChI=1S/C17H12N4OS/c22-16(13-8-4-5-9-18-13)20-15-14(12-6-2-1-3-7-12)19-17-21(15)10-11-23-17/h1-11H,(H,20,22). The molecule has 0 saturated carbocycles. The van der Waals surface area contributed by atoms with Gasteiger partial charge in [0, 0.05) is 23.3 Å². The van der Waals surface area contributed by atoms with Crippen molar-refractivity contribution in [3.63, 3.8) is 0 Å². The molecule has 0 aliphatic carbocycles. The molecule has 112 valence electrons. The van der Waals surface area contributed by atoms with Gasteiger partial charge in [-0.25, -0.2) is 4.98 Å². The highest BCUT2D eigenvalue weighted by Crippen LogP contribution is 2.30. The third-order valence-electron chi connectivity index (χ3n) is 3.44. The molecule has 0 bridgehead atoms. The smallest absolute Gasteiger partial charge is 0.275 e. The predicted octanol–water partition coefficient (Wildman–Crippen LogP) is 3.71. The van der Waals surface area contributed by atoms with Crippen LogP contribution in [-0.4, -0.2) is 20.3 Å². The Morgan fingerprint density at radius 1 is 1.09 bits per heavy atom. The first-order valence-electron chi connectivity index (χ1n) is 7.06. The molecule has 3 heterocycles. The maximum atomic E-state index is 12.4. The molecule has 23 heavy (non-hydrogen) atoms. The monoisotopic (exact) mass is 320 g/mol. The minimum Gasteiger partial charge on any atom is -0.304 e. The first-order valence-corrected chi connectivity index (χ1v) is 7.94. The summed E-state index contributed by atoms with van der Waals surface area (Å²) in [5.74, 6) is 0.402. The van der Waals surface area contributed by atoms with Gasteiger partial charge in [0.05, 0.1) is 0 Å². The zero-order valence-electron chi connectivity index (χ0n) is 12.0. The van der Waals surface area contributed by atoms with E-state index >= 15 is 0 Å². The number of nitrogens with zero attached hydrogens (tertiary/aromatic N) is 3. The highest BCUT2D eigenvalue weighted by atomic mass is 32.1. The van der Waals surface area contributed by atoms with Crippen molar-refractivity contribution < 1.29 is 4.79 Å². The Hall–Kier alpha value is -2.99. The van der Waals surface area contributed by atoms with E-state index in [1.165, 1.54) is 11.3 Å². The number of imidazole rings is 1. The van der Waals surface area contributed by atoms with Gasteiger partial charge >= 0.3 is 0 Å². The molecule has 5 nitrogen and oxygen atoms in total. The minimum absolute atomic E-state index is 0.254. The second kappa shape index (κ2) is 5.66. The van der Waals surface area contributed by atoms with Crippen LogP contribution in [0, 0.1) is 0 Å². The molecule has 0 saturated heterocycles. The second-order valence-corrected chi connectivity index (χ2v) is 5.77. The first-order chi connectivity index (χ1) is 11.3. The van der Waals surface area contributed by atoms with Crippen molar-refractivity contribution in [3.05, 3.63) is 72.0 Å². The summed E-state index contributed by atoms with van der Waals surface area (Å²) in [7, 11) is 0. The Labute approximate surface area is 136 Å². The Kier molecular flexibility index (Phi) is 3.36. The summed E-state index contributed by atoms with van der Waals surface area (Å²) in [5.41, 5.74) is 2.08. The van der Waals surface area contributed by atoms with Crippen LogP contribution >= 0.6 is 11.3 Å². The summed E-state index contributed by atoms with van der Waals surface area (Å²) in [5, 5.41) is 4.88. The number of nitrogens with one attached hydrogen (secondary N) is 1. The lowest BCUT2D eigenvalue weighted by Crippen LogP contribution is -2.15. The molecule has 4 rings (SSSR count). The van der Waals surface area contributed by atoms with Crippen LogP contribution < -0.4 is 5.32 Å². The molecule has 0 spiro atoms. The van der Waals surface area contributed by atoms with Crippen LogP contribution in [-0.2, 0) is 0 Å². The van der Waals surface area contributed by atoms with Gasteiger partial charge in [0.1, 0.15) is 17.2 Å². The van der Waals surface area contributed by atoms with Gasteiger partial charge in [0.2, 0.25) is 0 Å². The number of anilines is 1. The van der Waals surface area contributed by atoms with Gasteiger partial charge in [-0.3, -0.25) is 14.2 Å². The van der Waals surface area contributed by atoms with Crippen molar-refractivity contribution in [2.45, 2.75) is 0 Å². The third kappa shape index (κ3) is 2.49. The first kappa shape index (κ1) is 13.7. The normalized spacial score (nSPS) is 10.8. The van der Waals surface area contributed by atoms with E-state index in [1.54, 1.807) is 24.4 Å². The molecule has 3 aromatic heterocycles. The predicted molar refractivity (Wildman–Crippen MR) is 90.7 cm³/mol. The third-order valence-corrected chi connectivity index (χ3v) is 4.20. The lowest BCUT2D eigenvalue weighted by molar-refractivity contribution is 0.102. The lowest BCUT2D eigenvalue weighted by atomic mass is 10.1. The summed E-state index contributed by atoms with van der Waals surface area (Å²) in [6.07, 6.45) is 3.50. The molecule has 6 heteroatoms. The van der Waals surface area contributed by atoms with Gasteiger partial charge in [0.25, 0.3) is 5.91 Å². The fraction of sp³-hybridized carbons (Fsp3) is 0. The molecule has 0 atom stereocenters. The summed E-state index contributed by atoms with van der Waals surface area (Å²) >= 11 is 1.52. The molecule has 0 unspecified atom stereocenters. The summed E-state index contributed by atoms with van der Waals surface area (Å²) in [6.45, 7) is 0. The molecular formula is C17H12N4OS. The number of pyridine rings is 1.